The van der Waals surface area contributed by atoms with E-state index in [1.165, 1.54) is 0 Å². The van der Waals surface area contributed by atoms with Gasteiger partial charge < -0.3 is 14.7 Å². The van der Waals surface area contributed by atoms with Crippen LogP contribution in [0.25, 0.3) is 0 Å². The number of nitrogens with zero attached hydrogens (tertiary/aromatic N) is 2. The van der Waals surface area contributed by atoms with Gasteiger partial charge in [0.15, 0.2) is 0 Å². The maximum absolute atomic E-state index is 12.1. The van der Waals surface area contributed by atoms with Gasteiger partial charge in [0.1, 0.15) is 24.5 Å². The molecule has 2 aliphatic heterocycles. The molecule has 0 aliphatic carbocycles. The number of hydrogen-bond donors (Lipinski definition) is 1. The molecule has 1 aromatic rings. The lowest BCUT2D eigenvalue weighted by molar-refractivity contribution is -0.129. The zero-order valence-corrected chi connectivity index (χ0v) is 11.6. The summed E-state index contributed by atoms with van der Waals surface area (Å²) in [6.45, 7) is 0.658. The minimum Gasteiger partial charge on any atom is -0.491 e. The highest BCUT2D eigenvalue weighted by Crippen LogP contribution is 2.27. The number of ether oxygens (including phenoxy) is 1. The number of amides is 3. The zero-order valence-electron chi connectivity index (χ0n) is 11.6. The Morgan fingerprint density at radius 3 is 2.76 bits per heavy atom. The monoisotopic (exact) mass is 290 g/mol. The third kappa shape index (κ3) is 2.71. The molecule has 0 bridgehead atoms. The van der Waals surface area contributed by atoms with Crippen LogP contribution in [0.1, 0.15) is 12.8 Å². The second-order valence-corrected chi connectivity index (χ2v) is 5.36. The van der Waals surface area contributed by atoms with Crippen molar-refractivity contribution in [3.05, 3.63) is 30.3 Å². The van der Waals surface area contributed by atoms with Gasteiger partial charge in [-0.25, -0.2) is 4.79 Å². The Morgan fingerprint density at radius 1 is 1.29 bits per heavy atom. The minimum absolute atomic E-state index is 0.0164. The van der Waals surface area contributed by atoms with Crippen LogP contribution in [0.3, 0.4) is 0 Å². The highest BCUT2D eigenvalue weighted by atomic mass is 16.5. The fraction of sp³-hybridized carbons (Fsp3) is 0.467. The van der Waals surface area contributed by atoms with Gasteiger partial charge in [0, 0.05) is 6.54 Å². The van der Waals surface area contributed by atoms with Crippen LogP contribution in [0.5, 0.6) is 5.75 Å². The predicted octanol–water partition coefficient (Wildman–Crippen LogP) is 0.853. The van der Waals surface area contributed by atoms with Gasteiger partial charge in [-0.15, -0.1) is 0 Å². The van der Waals surface area contributed by atoms with Crippen molar-refractivity contribution in [1.29, 1.82) is 0 Å². The first-order valence-electron chi connectivity index (χ1n) is 7.14. The normalized spacial score (nSPS) is 22.6. The van der Waals surface area contributed by atoms with Crippen molar-refractivity contribution >= 4 is 11.9 Å². The first kappa shape index (κ1) is 13.9. The number of benzene rings is 1. The van der Waals surface area contributed by atoms with E-state index in [-0.39, 0.29) is 31.1 Å². The summed E-state index contributed by atoms with van der Waals surface area (Å²) >= 11 is 0. The van der Waals surface area contributed by atoms with Crippen LogP contribution < -0.4 is 4.74 Å². The molecular weight excluding hydrogens is 272 g/mol. The standard InChI is InChI=1S/C15H18N2O4/c18-11(10-21-12-5-2-1-3-6-12)9-17-14(19)13-7-4-8-16(13)15(17)20/h1-3,5-6,11,13,18H,4,7-10H2. The molecule has 2 atom stereocenters. The molecule has 6 heteroatoms. The fourth-order valence-corrected chi connectivity index (χ4v) is 2.82. The Labute approximate surface area is 122 Å². The van der Waals surface area contributed by atoms with Crippen molar-refractivity contribution in [2.24, 2.45) is 0 Å². The second kappa shape index (κ2) is 5.73. The number of carbonyl (C=O) groups excluding carboxylic acids is 2. The number of aliphatic hydroxyl groups excluding tert-OH is 1. The molecule has 3 rings (SSSR count). The summed E-state index contributed by atoms with van der Waals surface area (Å²) in [6, 6.07) is 8.51. The van der Waals surface area contributed by atoms with Crippen LogP contribution in [0.4, 0.5) is 4.79 Å². The fourth-order valence-electron chi connectivity index (χ4n) is 2.82. The minimum atomic E-state index is -0.891. The summed E-state index contributed by atoms with van der Waals surface area (Å²) in [6.07, 6.45) is 0.700. The van der Waals surface area contributed by atoms with Crippen molar-refractivity contribution in [3.8, 4) is 5.75 Å². The maximum atomic E-state index is 12.1. The molecule has 3 amide bonds. The molecule has 21 heavy (non-hydrogen) atoms. The van der Waals surface area contributed by atoms with Crippen molar-refractivity contribution in [2.75, 3.05) is 19.7 Å². The van der Waals surface area contributed by atoms with Gasteiger partial charge in [-0.1, -0.05) is 18.2 Å². The number of rotatable bonds is 5. The van der Waals surface area contributed by atoms with E-state index >= 15 is 0 Å². The Kier molecular flexibility index (Phi) is 3.79. The molecule has 1 aromatic carbocycles. The molecule has 2 saturated heterocycles. The molecule has 0 aromatic heterocycles. The highest BCUT2D eigenvalue weighted by molar-refractivity contribution is 6.04. The van der Waals surface area contributed by atoms with Crippen molar-refractivity contribution in [2.45, 2.75) is 25.0 Å². The molecule has 2 heterocycles. The van der Waals surface area contributed by atoms with E-state index in [4.69, 9.17) is 4.74 Å². The van der Waals surface area contributed by atoms with Crippen LogP contribution in [0.15, 0.2) is 30.3 Å². The molecule has 2 unspecified atom stereocenters. The zero-order chi connectivity index (χ0) is 14.8. The van der Waals surface area contributed by atoms with E-state index < -0.39 is 6.10 Å². The molecule has 0 spiro atoms. The summed E-state index contributed by atoms with van der Waals surface area (Å²) in [4.78, 5) is 26.9. The number of β-amino-alcohol motifs (C(OH)–C–C–N with tert-alkyl or cyclic N) is 1. The predicted molar refractivity (Wildman–Crippen MR) is 74.8 cm³/mol. The smallest absolute Gasteiger partial charge is 0.327 e. The number of aliphatic hydroxyl groups is 1. The van der Waals surface area contributed by atoms with Gasteiger partial charge in [0.25, 0.3) is 5.91 Å². The van der Waals surface area contributed by atoms with Crippen molar-refractivity contribution < 1.29 is 19.4 Å². The average Bonchev–Trinajstić information content (AvgIpc) is 3.06. The van der Waals surface area contributed by atoms with Gasteiger partial charge in [-0.2, -0.15) is 0 Å². The van der Waals surface area contributed by atoms with E-state index in [2.05, 4.69) is 0 Å². The van der Waals surface area contributed by atoms with Crippen molar-refractivity contribution in [3.63, 3.8) is 0 Å². The molecule has 1 N–H and O–H groups in total. The lowest BCUT2D eigenvalue weighted by atomic mass is 10.2. The quantitative estimate of drug-likeness (QED) is 0.816. The van der Waals surface area contributed by atoms with Crippen molar-refractivity contribution in [1.82, 2.24) is 9.80 Å². The van der Waals surface area contributed by atoms with Crippen LogP contribution in [0.2, 0.25) is 0 Å². The van der Waals surface area contributed by atoms with Crippen LogP contribution in [0, 0.1) is 0 Å². The highest BCUT2D eigenvalue weighted by Gasteiger charge is 2.47. The van der Waals surface area contributed by atoms with Gasteiger partial charge in [0.05, 0.1) is 6.54 Å². The lowest BCUT2D eigenvalue weighted by Crippen LogP contribution is -2.41. The van der Waals surface area contributed by atoms with E-state index in [1.807, 2.05) is 18.2 Å². The molecule has 0 saturated carbocycles. The second-order valence-electron chi connectivity index (χ2n) is 5.36. The van der Waals surface area contributed by atoms with E-state index in [0.29, 0.717) is 12.3 Å². The third-order valence-electron chi connectivity index (χ3n) is 3.86. The third-order valence-corrected chi connectivity index (χ3v) is 3.86. The number of fused-ring (bicyclic) bond motifs is 1. The molecular formula is C15H18N2O4. The van der Waals surface area contributed by atoms with Crippen LogP contribution in [-0.2, 0) is 4.79 Å². The molecule has 2 aliphatic rings. The number of urea groups is 1. The van der Waals surface area contributed by atoms with Crippen LogP contribution in [-0.4, -0.2) is 58.7 Å². The SMILES string of the molecule is O=C1C2CCCN2C(=O)N1CC(O)COc1ccccc1. The maximum Gasteiger partial charge on any atom is 0.327 e. The number of hydrogen-bond acceptors (Lipinski definition) is 4. The lowest BCUT2D eigenvalue weighted by Gasteiger charge is -2.19. The number of carbonyl (C=O) groups is 2. The van der Waals surface area contributed by atoms with Crippen LogP contribution >= 0.6 is 0 Å². The number of imide groups is 1. The van der Waals surface area contributed by atoms with Gasteiger partial charge in [0.2, 0.25) is 0 Å². The van der Waals surface area contributed by atoms with E-state index in [9.17, 15) is 14.7 Å². The van der Waals surface area contributed by atoms with Gasteiger partial charge in [-0.3, -0.25) is 9.69 Å². The summed E-state index contributed by atoms with van der Waals surface area (Å²) in [5.41, 5.74) is 0. The van der Waals surface area contributed by atoms with E-state index in [0.717, 1.165) is 17.7 Å². The first-order chi connectivity index (χ1) is 10.2. The Balaban J connectivity index is 1.54. The van der Waals surface area contributed by atoms with Gasteiger partial charge in [-0.05, 0) is 25.0 Å². The largest absolute Gasteiger partial charge is 0.491 e. The average molecular weight is 290 g/mol. The summed E-state index contributed by atoms with van der Waals surface area (Å²) in [7, 11) is 0. The number of para-hydroxylation sites is 1. The Hall–Kier alpha value is -2.08. The Bertz CT molecular complexity index is 512. The Morgan fingerprint density at radius 2 is 2.05 bits per heavy atom. The molecule has 112 valence electrons. The molecule has 0 radical (unpaired) electrons. The summed E-state index contributed by atoms with van der Waals surface area (Å²) < 4.78 is 5.43. The van der Waals surface area contributed by atoms with E-state index in [1.54, 1.807) is 17.0 Å². The molecule has 2 fully saturated rings. The first-order valence-corrected chi connectivity index (χ1v) is 7.14. The summed E-state index contributed by atoms with van der Waals surface area (Å²) in [5.74, 6) is 0.451. The van der Waals surface area contributed by atoms with Gasteiger partial charge >= 0.3 is 6.03 Å². The molecule has 6 nitrogen and oxygen atoms in total. The topological polar surface area (TPSA) is 70.1 Å². The summed E-state index contributed by atoms with van der Waals surface area (Å²) in [5, 5.41) is 9.98.